The Hall–Kier alpha value is -2.46. The van der Waals surface area contributed by atoms with Gasteiger partial charge in [0.05, 0.1) is 25.9 Å². The largest absolute Gasteiger partial charge is 0.476 e. The van der Waals surface area contributed by atoms with Crippen LogP contribution >= 0.6 is 0 Å². The number of nitrogens with one attached hydrogen (secondary N) is 1. The van der Waals surface area contributed by atoms with Gasteiger partial charge < -0.3 is 29.2 Å². The Labute approximate surface area is 181 Å². The first-order chi connectivity index (χ1) is 15.0. The molecular formula is C21H30FN3O6. The predicted octanol–water partition coefficient (Wildman–Crippen LogP) is 1.70. The lowest BCUT2D eigenvalue weighted by molar-refractivity contribution is -0.155. The Morgan fingerprint density at radius 3 is 2.55 bits per heavy atom. The number of rotatable bonds is 11. The average Bonchev–Trinajstić information content (AvgIpc) is 2.71. The summed E-state index contributed by atoms with van der Waals surface area (Å²) in [6, 6.07) is 3.36. The molecule has 0 spiro atoms. The van der Waals surface area contributed by atoms with Crippen LogP contribution in [0.1, 0.15) is 37.2 Å². The van der Waals surface area contributed by atoms with Crippen LogP contribution in [0.5, 0.6) is 5.88 Å². The monoisotopic (exact) mass is 439 g/mol. The molecule has 2 aliphatic rings. The van der Waals surface area contributed by atoms with Crippen molar-refractivity contribution in [1.82, 2.24) is 10.3 Å². The van der Waals surface area contributed by atoms with Crippen molar-refractivity contribution in [2.45, 2.75) is 38.3 Å². The van der Waals surface area contributed by atoms with Gasteiger partial charge in [0.25, 0.3) is 5.91 Å². The average molecular weight is 439 g/mol. The summed E-state index contributed by atoms with van der Waals surface area (Å²) < 4.78 is 33.5. The van der Waals surface area contributed by atoms with E-state index in [9.17, 15) is 14.0 Å². The number of nitrogens with zero attached hydrogens (tertiary/aromatic N) is 2. The van der Waals surface area contributed by atoms with Gasteiger partial charge in [0.2, 0.25) is 12.7 Å². The second kappa shape index (κ2) is 10.2. The lowest BCUT2D eigenvalue weighted by Gasteiger charge is -2.40. The van der Waals surface area contributed by atoms with Gasteiger partial charge in [-0.15, -0.1) is 0 Å². The van der Waals surface area contributed by atoms with Crippen LogP contribution in [0.25, 0.3) is 0 Å². The molecule has 2 aliphatic heterocycles. The van der Waals surface area contributed by atoms with Crippen molar-refractivity contribution in [3.05, 3.63) is 17.8 Å². The van der Waals surface area contributed by atoms with Crippen LogP contribution in [0.4, 0.5) is 10.1 Å². The number of hydrogen-bond acceptors (Lipinski definition) is 8. The first-order valence-electron chi connectivity index (χ1n) is 10.5. The van der Waals surface area contributed by atoms with E-state index in [1.807, 2.05) is 0 Å². The topological polar surface area (TPSA) is 99.2 Å². The molecule has 1 amide bonds. The van der Waals surface area contributed by atoms with Gasteiger partial charge in [-0.05, 0) is 25.0 Å². The summed E-state index contributed by atoms with van der Waals surface area (Å²) in [5.74, 6) is -0.725. The highest BCUT2D eigenvalue weighted by molar-refractivity contribution is 5.97. The molecule has 2 fully saturated rings. The number of alkyl halides is 1. The Morgan fingerprint density at radius 1 is 1.29 bits per heavy atom. The number of amides is 1. The molecule has 10 heteroatoms. The van der Waals surface area contributed by atoms with E-state index in [2.05, 4.69) is 19.9 Å². The molecule has 9 nitrogen and oxygen atoms in total. The molecule has 0 aliphatic carbocycles. The summed E-state index contributed by atoms with van der Waals surface area (Å²) in [6.45, 7) is 5.32. The van der Waals surface area contributed by atoms with Crippen LogP contribution in [0.3, 0.4) is 0 Å². The second-order valence-corrected chi connectivity index (χ2v) is 7.78. The number of carbonyl (C=O) groups excluding carboxylic acids is 2. The van der Waals surface area contributed by atoms with Crippen LogP contribution in [0.15, 0.2) is 12.1 Å². The molecule has 1 aromatic rings. The summed E-state index contributed by atoms with van der Waals surface area (Å²) in [5.41, 5.74) is -0.442. The van der Waals surface area contributed by atoms with Crippen LogP contribution in [0, 0.1) is 5.92 Å². The third-order valence-corrected chi connectivity index (χ3v) is 5.89. The number of ether oxygens (including phenoxy) is 4. The highest BCUT2D eigenvalue weighted by atomic mass is 19.1. The number of esters is 1. The Morgan fingerprint density at radius 2 is 2.00 bits per heavy atom. The Balaban J connectivity index is 1.79. The van der Waals surface area contributed by atoms with Gasteiger partial charge in [-0.1, -0.05) is 13.8 Å². The second-order valence-electron chi connectivity index (χ2n) is 7.78. The van der Waals surface area contributed by atoms with Gasteiger partial charge in [-0.2, -0.15) is 0 Å². The molecule has 2 saturated heterocycles. The Kier molecular flexibility index (Phi) is 7.66. The normalized spacial score (nSPS) is 17.0. The zero-order valence-corrected chi connectivity index (χ0v) is 18.2. The first kappa shape index (κ1) is 23.2. The summed E-state index contributed by atoms with van der Waals surface area (Å²) in [4.78, 5) is 31.7. The van der Waals surface area contributed by atoms with Crippen molar-refractivity contribution >= 4 is 17.6 Å². The van der Waals surface area contributed by atoms with Crippen molar-refractivity contribution in [2.75, 3.05) is 51.8 Å². The van der Waals surface area contributed by atoms with Crippen LogP contribution in [-0.2, 0) is 19.0 Å². The van der Waals surface area contributed by atoms with E-state index >= 15 is 0 Å². The molecule has 0 bridgehead atoms. The molecule has 0 radical (unpaired) electrons. The SMILES string of the molecule is CCC(CC)(NC(=O)c1ccc(N2CC(OC)C2)c(OCC2COC2)n1)C(=O)OCF. The van der Waals surface area contributed by atoms with Crippen molar-refractivity contribution in [3.63, 3.8) is 0 Å². The maximum absolute atomic E-state index is 12.9. The minimum Gasteiger partial charge on any atom is -0.476 e. The fourth-order valence-electron chi connectivity index (χ4n) is 3.50. The molecule has 3 heterocycles. The number of anilines is 1. The van der Waals surface area contributed by atoms with Gasteiger partial charge in [0, 0.05) is 26.1 Å². The minimum absolute atomic E-state index is 0.103. The van der Waals surface area contributed by atoms with Gasteiger partial charge in [-0.3, -0.25) is 4.79 Å². The molecular weight excluding hydrogens is 409 g/mol. The van der Waals surface area contributed by atoms with E-state index in [-0.39, 0.29) is 24.6 Å². The van der Waals surface area contributed by atoms with E-state index < -0.39 is 24.3 Å². The zero-order chi connectivity index (χ0) is 22.4. The maximum Gasteiger partial charge on any atom is 0.334 e. The molecule has 31 heavy (non-hydrogen) atoms. The summed E-state index contributed by atoms with van der Waals surface area (Å²) in [6.07, 6.45) is 0.652. The number of hydrogen-bond donors (Lipinski definition) is 1. The Bertz CT molecular complexity index is 778. The number of carbonyl (C=O) groups is 2. The van der Waals surface area contributed by atoms with Crippen LogP contribution in [-0.4, -0.2) is 75.4 Å². The predicted molar refractivity (Wildman–Crippen MR) is 110 cm³/mol. The number of halogens is 1. The van der Waals surface area contributed by atoms with E-state index in [0.29, 0.717) is 44.7 Å². The lowest BCUT2D eigenvalue weighted by Crippen LogP contribution is -2.54. The minimum atomic E-state index is -1.32. The highest BCUT2D eigenvalue weighted by Crippen LogP contribution is 2.32. The van der Waals surface area contributed by atoms with Crippen molar-refractivity contribution in [2.24, 2.45) is 5.92 Å². The molecule has 0 aromatic carbocycles. The molecule has 1 N–H and O–H groups in total. The maximum atomic E-state index is 12.9. The number of aromatic nitrogens is 1. The standard InChI is InChI=1S/C21H30FN3O6/c1-4-21(5-2,20(27)31-13-22)24-18(26)16-6-7-17(25-8-15(9-25)28-3)19(23-16)30-12-14-10-29-11-14/h6-7,14-15H,4-5,8-13H2,1-3H3,(H,24,26). The molecule has 0 unspecified atom stereocenters. The van der Waals surface area contributed by atoms with Crippen molar-refractivity contribution in [3.8, 4) is 5.88 Å². The van der Waals surface area contributed by atoms with E-state index in [1.54, 1.807) is 33.1 Å². The van der Waals surface area contributed by atoms with Gasteiger partial charge >= 0.3 is 5.97 Å². The molecule has 172 valence electrons. The molecule has 0 saturated carbocycles. The van der Waals surface area contributed by atoms with Gasteiger partial charge in [0.15, 0.2) is 0 Å². The van der Waals surface area contributed by atoms with E-state index in [4.69, 9.17) is 14.2 Å². The fraction of sp³-hybridized carbons (Fsp3) is 0.667. The van der Waals surface area contributed by atoms with Crippen molar-refractivity contribution < 1.29 is 32.9 Å². The van der Waals surface area contributed by atoms with Gasteiger partial charge in [0.1, 0.15) is 16.9 Å². The number of methoxy groups -OCH3 is 1. The smallest absolute Gasteiger partial charge is 0.334 e. The molecule has 0 atom stereocenters. The lowest BCUT2D eigenvalue weighted by atomic mass is 9.92. The quantitative estimate of drug-likeness (QED) is 0.520. The molecule has 1 aromatic heterocycles. The molecule has 3 rings (SSSR count). The third-order valence-electron chi connectivity index (χ3n) is 5.89. The van der Waals surface area contributed by atoms with E-state index in [1.165, 1.54) is 0 Å². The van der Waals surface area contributed by atoms with Crippen molar-refractivity contribution in [1.29, 1.82) is 0 Å². The van der Waals surface area contributed by atoms with E-state index in [0.717, 1.165) is 5.69 Å². The fourth-order valence-corrected chi connectivity index (χ4v) is 3.50. The number of pyridine rings is 1. The first-order valence-corrected chi connectivity index (χ1v) is 10.5. The third kappa shape index (κ3) is 5.07. The summed E-state index contributed by atoms with van der Waals surface area (Å²) in [7, 11) is 1.67. The van der Waals surface area contributed by atoms with Crippen LogP contribution in [0.2, 0.25) is 0 Å². The summed E-state index contributed by atoms with van der Waals surface area (Å²) >= 11 is 0. The summed E-state index contributed by atoms with van der Waals surface area (Å²) in [5, 5.41) is 2.69. The highest BCUT2D eigenvalue weighted by Gasteiger charge is 2.39. The van der Waals surface area contributed by atoms with Gasteiger partial charge in [-0.25, -0.2) is 14.2 Å². The van der Waals surface area contributed by atoms with Crippen LogP contribution < -0.4 is 15.0 Å². The zero-order valence-electron chi connectivity index (χ0n) is 18.2.